The molecule has 0 bridgehead atoms. The van der Waals surface area contributed by atoms with Crippen LogP contribution >= 0.6 is 15.9 Å². The number of carbonyl (C=O) groups excluding carboxylic acids is 1. The van der Waals surface area contributed by atoms with Gasteiger partial charge in [-0.15, -0.1) is 0 Å². The molecule has 0 fully saturated rings. The zero-order valence-electron chi connectivity index (χ0n) is 16.6. The average molecular weight is 447 g/mol. The van der Waals surface area contributed by atoms with E-state index in [-0.39, 0.29) is 29.8 Å². The van der Waals surface area contributed by atoms with Crippen molar-refractivity contribution in [1.82, 2.24) is 5.32 Å². The normalized spacial score (nSPS) is 12.7. The summed E-state index contributed by atoms with van der Waals surface area (Å²) in [6, 6.07) is 7.17. The number of nitrogens with one attached hydrogen (secondary N) is 1. The van der Waals surface area contributed by atoms with Crippen molar-refractivity contribution in [3.05, 3.63) is 28.7 Å². The smallest absolute Gasteiger partial charge is 0.232 e. The quantitative estimate of drug-likeness (QED) is 0.645. The van der Waals surface area contributed by atoms with Gasteiger partial charge in [-0.25, -0.2) is 8.42 Å². The van der Waals surface area contributed by atoms with Gasteiger partial charge in [-0.3, -0.25) is 9.10 Å². The van der Waals surface area contributed by atoms with Gasteiger partial charge in [0.2, 0.25) is 15.9 Å². The fraction of sp³-hybridized carbons (Fsp3) is 0.632. The van der Waals surface area contributed by atoms with Gasteiger partial charge in [0.1, 0.15) is 0 Å². The fourth-order valence-corrected chi connectivity index (χ4v) is 4.91. The van der Waals surface area contributed by atoms with Crippen molar-refractivity contribution >= 4 is 37.5 Å². The van der Waals surface area contributed by atoms with Crippen molar-refractivity contribution in [3.8, 4) is 0 Å². The first-order chi connectivity index (χ1) is 11.7. The second-order valence-corrected chi connectivity index (χ2v) is 11.3. The number of benzene rings is 1. The van der Waals surface area contributed by atoms with Gasteiger partial charge in [0, 0.05) is 23.0 Å². The monoisotopic (exact) mass is 446 g/mol. The van der Waals surface area contributed by atoms with Crippen LogP contribution in [-0.4, -0.2) is 32.7 Å². The third kappa shape index (κ3) is 8.08. The molecular formula is C19H31BrN2O3S. The summed E-state index contributed by atoms with van der Waals surface area (Å²) >= 11 is 3.39. The van der Waals surface area contributed by atoms with Crippen LogP contribution in [0.1, 0.15) is 53.9 Å². The molecule has 0 saturated heterocycles. The van der Waals surface area contributed by atoms with E-state index in [0.717, 1.165) is 6.42 Å². The average Bonchev–Trinajstić information content (AvgIpc) is 2.40. The summed E-state index contributed by atoms with van der Waals surface area (Å²) in [6.07, 6.45) is 2.77. The number of amides is 1. The minimum Gasteiger partial charge on any atom is -0.351 e. The fourth-order valence-electron chi connectivity index (χ4n) is 3.31. The Morgan fingerprint density at radius 2 is 1.73 bits per heavy atom. The Kier molecular flexibility index (Phi) is 7.72. The Hall–Kier alpha value is -1.08. The lowest BCUT2D eigenvalue weighted by atomic mass is 9.82. The molecule has 0 aliphatic carbocycles. The maximum Gasteiger partial charge on any atom is 0.232 e. The maximum absolute atomic E-state index is 12.3. The molecule has 0 aliphatic heterocycles. The predicted octanol–water partition coefficient (Wildman–Crippen LogP) is 4.33. The maximum atomic E-state index is 12.3. The van der Waals surface area contributed by atoms with E-state index in [1.165, 1.54) is 10.6 Å². The first-order valence-corrected chi connectivity index (χ1v) is 11.4. The van der Waals surface area contributed by atoms with E-state index in [0.29, 0.717) is 16.6 Å². The third-order valence-corrected chi connectivity index (χ3v) is 5.59. The van der Waals surface area contributed by atoms with Crippen molar-refractivity contribution in [2.24, 2.45) is 5.41 Å². The number of sulfonamides is 1. The first kappa shape index (κ1) is 23.0. The summed E-state index contributed by atoms with van der Waals surface area (Å²) < 4.78 is 26.3. The van der Waals surface area contributed by atoms with E-state index in [2.05, 4.69) is 42.0 Å². The van der Waals surface area contributed by atoms with Crippen LogP contribution in [0.15, 0.2) is 28.7 Å². The van der Waals surface area contributed by atoms with Crippen LogP contribution in [0.4, 0.5) is 5.69 Å². The van der Waals surface area contributed by atoms with E-state index >= 15 is 0 Å². The number of halogens is 1. The highest BCUT2D eigenvalue weighted by atomic mass is 79.9. The lowest BCUT2D eigenvalue weighted by Gasteiger charge is -2.33. The molecular weight excluding hydrogens is 416 g/mol. The van der Waals surface area contributed by atoms with Crippen LogP contribution in [0, 0.1) is 5.41 Å². The van der Waals surface area contributed by atoms with E-state index in [1.807, 2.05) is 19.9 Å². The van der Waals surface area contributed by atoms with Gasteiger partial charge >= 0.3 is 0 Å². The molecule has 0 aliphatic rings. The molecule has 0 aromatic heterocycles. The molecule has 1 aromatic carbocycles. The zero-order valence-corrected chi connectivity index (χ0v) is 19.0. The molecule has 1 N–H and O–H groups in total. The summed E-state index contributed by atoms with van der Waals surface area (Å²) in [5.74, 6) is -0.0557. The van der Waals surface area contributed by atoms with Crippen LogP contribution in [0.2, 0.25) is 0 Å². The van der Waals surface area contributed by atoms with Crippen LogP contribution in [0.3, 0.4) is 0 Å². The van der Waals surface area contributed by atoms with Gasteiger partial charge in [-0.1, -0.05) is 32.9 Å². The number of nitrogens with zero attached hydrogens (tertiary/aromatic N) is 1. The molecule has 5 nitrogen and oxygen atoms in total. The topological polar surface area (TPSA) is 66.5 Å². The summed E-state index contributed by atoms with van der Waals surface area (Å²) in [6.45, 7) is 10.7. The molecule has 1 amide bonds. The van der Waals surface area contributed by atoms with Crippen LogP contribution in [0.5, 0.6) is 0 Å². The third-order valence-electron chi connectivity index (χ3n) is 3.74. The SMILES string of the molecule is CC(C)(C)CC(C)(C)NC(=O)CCCN(c1ccccc1Br)S(C)(=O)=O. The van der Waals surface area contributed by atoms with E-state index in [4.69, 9.17) is 0 Å². The van der Waals surface area contributed by atoms with Crippen molar-refractivity contribution in [2.45, 2.75) is 59.4 Å². The second kappa shape index (κ2) is 8.74. The lowest BCUT2D eigenvalue weighted by Crippen LogP contribution is -2.46. The Balaban J connectivity index is 2.69. The number of hydrogen-bond acceptors (Lipinski definition) is 3. The predicted molar refractivity (Wildman–Crippen MR) is 112 cm³/mol. The van der Waals surface area contributed by atoms with Crippen molar-refractivity contribution in [1.29, 1.82) is 0 Å². The van der Waals surface area contributed by atoms with Crippen molar-refractivity contribution < 1.29 is 13.2 Å². The van der Waals surface area contributed by atoms with Crippen molar-refractivity contribution in [2.75, 3.05) is 17.1 Å². The Morgan fingerprint density at radius 3 is 2.23 bits per heavy atom. The highest BCUT2D eigenvalue weighted by Gasteiger charge is 2.27. The summed E-state index contributed by atoms with van der Waals surface area (Å²) in [7, 11) is -3.43. The van der Waals surface area contributed by atoms with Gasteiger partial charge in [-0.05, 0) is 60.2 Å². The van der Waals surface area contributed by atoms with E-state index < -0.39 is 10.0 Å². The number of anilines is 1. The minimum atomic E-state index is -3.43. The van der Waals surface area contributed by atoms with Crippen molar-refractivity contribution in [3.63, 3.8) is 0 Å². The van der Waals surface area contributed by atoms with Crippen LogP contribution in [-0.2, 0) is 14.8 Å². The standard InChI is InChI=1S/C19H31BrN2O3S/c1-18(2,3)14-19(4,5)21-17(23)12-9-13-22(26(6,24)25)16-11-8-7-10-15(16)20/h7-8,10-11H,9,12-14H2,1-6H3,(H,21,23). The zero-order chi connectivity index (χ0) is 20.2. The van der Waals surface area contributed by atoms with Gasteiger partial charge in [0.05, 0.1) is 11.9 Å². The molecule has 1 rings (SSSR count). The largest absolute Gasteiger partial charge is 0.351 e. The Bertz CT molecular complexity index is 725. The number of para-hydroxylation sites is 1. The number of carbonyl (C=O) groups is 1. The molecule has 0 saturated carbocycles. The number of hydrogen-bond donors (Lipinski definition) is 1. The summed E-state index contributed by atoms with van der Waals surface area (Å²) in [4.78, 5) is 12.3. The highest BCUT2D eigenvalue weighted by Crippen LogP contribution is 2.28. The molecule has 0 unspecified atom stereocenters. The summed E-state index contributed by atoms with van der Waals surface area (Å²) in [5.41, 5.74) is 0.404. The molecule has 0 heterocycles. The molecule has 26 heavy (non-hydrogen) atoms. The van der Waals surface area contributed by atoms with E-state index in [9.17, 15) is 13.2 Å². The van der Waals surface area contributed by atoms with Gasteiger partial charge in [0.25, 0.3) is 0 Å². The summed E-state index contributed by atoms with van der Waals surface area (Å²) in [5, 5.41) is 3.06. The van der Waals surface area contributed by atoms with Crippen LogP contribution < -0.4 is 9.62 Å². The minimum absolute atomic E-state index is 0.0557. The lowest BCUT2D eigenvalue weighted by molar-refractivity contribution is -0.123. The molecule has 0 radical (unpaired) electrons. The van der Waals surface area contributed by atoms with Gasteiger partial charge in [0.15, 0.2) is 0 Å². The molecule has 0 atom stereocenters. The molecule has 0 spiro atoms. The Labute approximate surface area is 166 Å². The number of rotatable bonds is 8. The Morgan fingerprint density at radius 1 is 1.15 bits per heavy atom. The second-order valence-electron chi connectivity index (χ2n) is 8.56. The molecule has 148 valence electrons. The van der Waals surface area contributed by atoms with Crippen LogP contribution in [0.25, 0.3) is 0 Å². The van der Waals surface area contributed by atoms with Gasteiger partial charge in [-0.2, -0.15) is 0 Å². The van der Waals surface area contributed by atoms with E-state index in [1.54, 1.807) is 18.2 Å². The molecule has 7 heteroatoms. The highest BCUT2D eigenvalue weighted by molar-refractivity contribution is 9.10. The molecule has 1 aromatic rings. The van der Waals surface area contributed by atoms with Gasteiger partial charge < -0.3 is 5.32 Å². The first-order valence-electron chi connectivity index (χ1n) is 8.75.